The molecule has 29 heavy (non-hydrogen) atoms. The maximum atomic E-state index is 12.9. The fourth-order valence-corrected chi connectivity index (χ4v) is 3.98. The van der Waals surface area contributed by atoms with Gasteiger partial charge in [0.25, 0.3) is 5.91 Å². The molecule has 1 fully saturated rings. The third kappa shape index (κ3) is 4.43. The van der Waals surface area contributed by atoms with Crippen LogP contribution < -0.4 is 10.2 Å². The molecule has 6 nitrogen and oxygen atoms in total. The summed E-state index contributed by atoms with van der Waals surface area (Å²) in [6.45, 7) is 4.02. The summed E-state index contributed by atoms with van der Waals surface area (Å²) in [5.41, 5.74) is 3.57. The zero-order valence-electron chi connectivity index (χ0n) is 16.9. The fourth-order valence-electron chi connectivity index (χ4n) is 3.98. The number of aryl methyl sites for hydroxylation is 1. The zero-order chi connectivity index (χ0) is 20.2. The van der Waals surface area contributed by atoms with E-state index in [-0.39, 0.29) is 11.9 Å². The minimum absolute atomic E-state index is 0.0532. The number of nitrogens with one attached hydrogen (secondary N) is 1. The molecule has 0 spiro atoms. The second-order valence-electron chi connectivity index (χ2n) is 7.84. The van der Waals surface area contributed by atoms with Crippen LogP contribution in [0.25, 0.3) is 0 Å². The van der Waals surface area contributed by atoms with Crippen LogP contribution in [-0.4, -0.2) is 61.5 Å². The van der Waals surface area contributed by atoms with E-state index in [0.717, 1.165) is 51.1 Å². The summed E-state index contributed by atoms with van der Waals surface area (Å²) in [6.07, 6.45) is 3.08. The molecule has 3 amide bonds. The second kappa shape index (κ2) is 8.66. The highest BCUT2D eigenvalue weighted by molar-refractivity contribution is 6.02. The Balaban J connectivity index is 1.42. The van der Waals surface area contributed by atoms with Crippen LogP contribution >= 0.6 is 0 Å². The number of carbonyl (C=O) groups is 2. The highest BCUT2D eigenvalue weighted by Gasteiger charge is 2.22. The van der Waals surface area contributed by atoms with E-state index in [1.807, 2.05) is 40.1 Å². The molecule has 0 bridgehead atoms. The van der Waals surface area contributed by atoms with Crippen LogP contribution in [0.5, 0.6) is 0 Å². The van der Waals surface area contributed by atoms with Crippen LogP contribution in [0.2, 0.25) is 0 Å². The minimum atomic E-state index is -0.127. The monoisotopic (exact) mass is 392 g/mol. The Hall–Kier alpha value is -2.86. The Kier molecular flexibility index (Phi) is 5.81. The van der Waals surface area contributed by atoms with Crippen molar-refractivity contribution in [3.05, 3.63) is 59.7 Å². The Labute approximate surface area is 172 Å². The van der Waals surface area contributed by atoms with Crippen molar-refractivity contribution in [3.8, 4) is 0 Å². The van der Waals surface area contributed by atoms with Crippen molar-refractivity contribution in [2.45, 2.75) is 19.3 Å². The smallest absolute Gasteiger partial charge is 0.326 e. The topological polar surface area (TPSA) is 55.9 Å². The molecule has 2 aromatic rings. The first-order valence-electron chi connectivity index (χ1n) is 10.4. The van der Waals surface area contributed by atoms with Crippen molar-refractivity contribution in [2.24, 2.45) is 0 Å². The Morgan fingerprint density at radius 3 is 2.34 bits per heavy atom. The fraction of sp³-hybridized carbons (Fsp3) is 0.391. The number of rotatable bonds is 2. The van der Waals surface area contributed by atoms with Crippen LogP contribution in [0, 0.1) is 0 Å². The van der Waals surface area contributed by atoms with Crippen LogP contribution in [0.15, 0.2) is 48.5 Å². The number of nitrogens with zero attached hydrogens (tertiary/aromatic N) is 3. The van der Waals surface area contributed by atoms with Gasteiger partial charge in [-0.1, -0.05) is 18.2 Å². The minimum Gasteiger partial charge on any atom is -0.336 e. The molecule has 6 heteroatoms. The van der Waals surface area contributed by atoms with E-state index in [4.69, 9.17) is 0 Å². The molecule has 2 aliphatic heterocycles. The molecular formula is C23H28N4O2. The van der Waals surface area contributed by atoms with Gasteiger partial charge in [-0.15, -0.1) is 0 Å². The molecule has 0 saturated carbocycles. The molecule has 0 unspecified atom stereocenters. The van der Waals surface area contributed by atoms with Gasteiger partial charge in [0.2, 0.25) is 0 Å². The first-order valence-corrected chi connectivity index (χ1v) is 10.4. The summed E-state index contributed by atoms with van der Waals surface area (Å²) in [6, 6.07) is 15.2. The van der Waals surface area contributed by atoms with Crippen LogP contribution in [0.3, 0.4) is 0 Å². The zero-order valence-corrected chi connectivity index (χ0v) is 16.9. The predicted molar refractivity (Wildman–Crippen MR) is 116 cm³/mol. The van der Waals surface area contributed by atoms with Crippen molar-refractivity contribution in [3.63, 3.8) is 0 Å². The highest BCUT2D eigenvalue weighted by Crippen LogP contribution is 2.26. The van der Waals surface area contributed by atoms with Gasteiger partial charge in [-0.2, -0.15) is 0 Å². The number of hydrogen-bond acceptors (Lipinski definition) is 3. The van der Waals surface area contributed by atoms with Gasteiger partial charge in [-0.25, -0.2) is 4.79 Å². The lowest BCUT2D eigenvalue weighted by atomic mass is 10.1. The summed E-state index contributed by atoms with van der Waals surface area (Å²) in [5.74, 6) is 0.0532. The van der Waals surface area contributed by atoms with E-state index in [9.17, 15) is 9.59 Å². The lowest BCUT2D eigenvalue weighted by molar-refractivity contribution is 0.0664. The maximum absolute atomic E-state index is 12.9. The van der Waals surface area contributed by atoms with Gasteiger partial charge in [-0.3, -0.25) is 9.69 Å². The number of likely N-dealkylation sites (N-methyl/N-ethyl adjacent to an activating group) is 1. The van der Waals surface area contributed by atoms with Gasteiger partial charge in [0.05, 0.1) is 0 Å². The number of piperazine rings is 1. The van der Waals surface area contributed by atoms with E-state index in [0.29, 0.717) is 17.8 Å². The van der Waals surface area contributed by atoms with Crippen molar-refractivity contribution < 1.29 is 9.59 Å². The van der Waals surface area contributed by atoms with Crippen LogP contribution in [0.1, 0.15) is 28.8 Å². The first kappa shape index (κ1) is 19.5. The number of fused-ring (bicyclic) bond motifs is 1. The quantitative estimate of drug-likeness (QED) is 0.852. The largest absolute Gasteiger partial charge is 0.336 e. The summed E-state index contributed by atoms with van der Waals surface area (Å²) in [4.78, 5) is 31.5. The number of anilines is 2. The molecule has 0 atom stereocenters. The average molecular weight is 393 g/mol. The Morgan fingerprint density at radius 2 is 1.59 bits per heavy atom. The van der Waals surface area contributed by atoms with E-state index >= 15 is 0 Å². The number of hydrogen-bond donors (Lipinski definition) is 1. The van der Waals surface area contributed by atoms with Gasteiger partial charge < -0.3 is 15.1 Å². The van der Waals surface area contributed by atoms with E-state index in [1.165, 1.54) is 5.56 Å². The lowest BCUT2D eigenvalue weighted by Gasteiger charge is -2.32. The van der Waals surface area contributed by atoms with Crippen molar-refractivity contribution in [2.75, 3.05) is 50.0 Å². The van der Waals surface area contributed by atoms with Crippen molar-refractivity contribution in [1.82, 2.24) is 9.80 Å². The van der Waals surface area contributed by atoms with E-state index in [1.54, 1.807) is 12.1 Å². The van der Waals surface area contributed by atoms with Gasteiger partial charge in [0.15, 0.2) is 0 Å². The second-order valence-corrected chi connectivity index (χ2v) is 7.84. The number of amides is 3. The van der Waals surface area contributed by atoms with Gasteiger partial charge in [-0.05, 0) is 62.2 Å². The van der Waals surface area contributed by atoms with Crippen molar-refractivity contribution in [1.29, 1.82) is 0 Å². The molecule has 2 aromatic carbocycles. The Bertz CT molecular complexity index is 873. The summed E-state index contributed by atoms with van der Waals surface area (Å²) in [7, 11) is 2.07. The third-order valence-corrected chi connectivity index (χ3v) is 5.78. The molecular weight excluding hydrogens is 364 g/mol. The maximum Gasteiger partial charge on any atom is 0.326 e. The molecule has 0 radical (unpaired) electrons. The number of carbonyl (C=O) groups excluding carboxylic acids is 2. The molecule has 4 rings (SSSR count). The third-order valence-electron chi connectivity index (χ3n) is 5.78. The van der Waals surface area contributed by atoms with E-state index in [2.05, 4.69) is 23.3 Å². The van der Waals surface area contributed by atoms with Gasteiger partial charge in [0, 0.05) is 49.7 Å². The molecule has 2 heterocycles. The summed E-state index contributed by atoms with van der Waals surface area (Å²) >= 11 is 0. The number of para-hydroxylation sites is 1. The van der Waals surface area contributed by atoms with Crippen molar-refractivity contribution >= 4 is 23.3 Å². The molecule has 1 saturated heterocycles. The Morgan fingerprint density at radius 1 is 0.862 bits per heavy atom. The van der Waals surface area contributed by atoms with Gasteiger partial charge >= 0.3 is 6.03 Å². The van der Waals surface area contributed by atoms with Gasteiger partial charge in [0.1, 0.15) is 0 Å². The van der Waals surface area contributed by atoms with Crippen LogP contribution in [0.4, 0.5) is 16.2 Å². The van der Waals surface area contributed by atoms with E-state index < -0.39 is 0 Å². The predicted octanol–water partition coefficient (Wildman–Crippen LogP) is 3.45. The first-order chi connectivity index (χ1) is 14.1. The SMILES string of the molecule is CN1CCN(C(=O)c2ccc(NC(=O)N3CCCCc4ccccc43)cc2)CC1. The molecule has 0 aromatic heterocycles. The highest BCUT2D eigenvalue weighted by atomic mass is 16.2. The molecule has 0 aliphatic carbocycles. The lowest BCUT2D eigenvalue weighted by Crippen LogP contribution is -2.47. The average Bonchev–Trinajstić information content (AvgIpc) is 2.97. The molecule has 152 valence electrons. The van der Waals surface area contributed by atoms with Crippen LogP contribution in [-0.2, 0) is 6.42 Å². The molecule has 2 aliphatic rings. The summed E-state index contributed by atoms with van der Waals surface area (Å²) in [5, 5.41) is 2.99. The molecule has 1 N–H and O–H groups in total. The number of benzene rings is 2. The summed E-state index contributed by atoms with van der Waals surface area (Å²) < 4.78 is 0. The standard InChI is InChI=1S/C23H28N4O2/c1-25-14-16-26(17-15-25)22(28)19-9-11-20(12-10-19)24-23(29)27-13-5-4-7-18-6-2-3-8-21(18)27/h2-3,6,8-12H,4-5,7,13-17H2,1H3,(H,24,29). The number of urea groups is 1. The normalized spacial score (nSPS) is 17.4.